The van der Waals surface area contributed by atoms with E-state index in [0.29, 0.717) is 23.6 Å². The van der Waals surface area contributed by atoms with Crippen LogP contribution >= 0.6 is 15.9 Å². The summed E-state index contributed by atoms with van der Waals surface area (Å²) in [6.07, 6.45) is 2.40. The molecule has 1 aromatic carbocycles. The molecule has 4 nitrogen and oxygen atoms in total. The van der Waals surface area contributed by atoms with Gasteiger partial charge in [0.15, 0.2) is 0 Å². The normalized spacial score (nSPS) is 18.9. The second-order valence-electron chi connectivity index (χ2n) is 5.58. The quantitative estimate of drug-likeness (QED) is 0.922. The zero-order valence-electron chi connectivity index (χ0n) is 11.6. The van der Waals surface area contributed by atoms with Crippen molar-refractivity contribution >= 4 is 27.7 Å². The Morgan fingerprint density at radius 2 is 2.15 bits per heavy atom. The summed E-state index contributed by atoms with van der Waals surface area (Å²) in [6.45, 7) is 2.71. The number of fused-ring (bicyclic) bond motifs is 1. The van der Waals surface area contributed by atoms with Gasteiger partial charge in [-0.25, -0.2) is 0 Å². The van der Waals surface area contributed by atoms with E-state index in [2.05, 4.69) is 28.2 Å². The number of carbonyl (C=O) groups excluding carboxylic acids is 2. The Morgan fingerprint density at radius 3 is 2.75 bits per heavy atom. The molecule has 0 bridgehead atoms. The Labute approximate surface area is 126 Å². The van der Waals surface area contributed by atoms with Gasteiger partial charge in [-0.15, -0.1) is 0 Å². The maximum atomic E-state index is 12.7. The molecule has 2 amide bonds. The Morgan fingerprint density at radius 1 is 1.45 bits per heavy atom. The van der Waals surface area contributed by atoms with Crippen molar-refractivity contribution in [3.05, 3.63) is 33.3 Å². The van der Waals surface area contributed by atoms with Crippen molar-refractivity contribution in [2.75, 3.05) is 7.05 Å². The summed E-state index contributed by atoms with van der Waals surface area (Å²) < 4.78 is 0.837. The third kappa shape index (κ3) is 2.14. The summed E-state index contributed by atoms with van der Waals surface area (Å²) in [6, 6.07) is 3.92. The van der Waals surface area contributed by atoms with E-state index in [4.69, 9.17) is 0 Å². The lowest BCUT2D eigenvalue weighted by Gasteiger charge is -2.24. The molecule has 106 valence electrons. The number of benzene rings is 1. The number of hydrogen-bond acceptors (Lipinski definition) is 2. The predicted molar refractivity (Wildman–Crippen MR) is 79.6 cm³/mol. The van der Waals surface area contributed by atoms with Crippen LogP contribution in [0.2, 0.25) is 0 Å². The summed E-state index contributed by atoms with van der Waals surface area (Å²) in [5.41, 5.74) is 1.97. The van der Waals surface area contributed by atoms with Crippen molar-refractivity contribution in [1.29, 1.82) is 0 Å². The van der Waals surface area contributed by atoms with Crippen LogP contribution < -0.4 is 5.32 Å². The van der Waals surface area contributed by atoms with Crippen LogP contribution in [0.15, 0.2) is 16.6 Å². The Balaban J connectivity index is 2.01. The van der Waals surface area contributed by atoms with Crippen molar-refractivity contribution in [2.45, 2.75) is 32.4 Å². The molecule has 5 heteroatoms. The molecule has 0 saturated heterocycles. The third-order valence-electron chi connectivity index (χ3n) is 4.27. The van der Waals surface area contributed by atoms with Crippen LogP contribution in [0.3, 0.4) is 0 Å². The minimum atomic E-state index is -0.211. The SMILES string of the molecule is CNC(=O)c1cc(Br)cc2c1C(=O)N([C@@H](C)C1CC1)C2. The second-order valence-corrected chi connectivity index (χ2v) is 6.49. The summed E-state index contributed by atoms with van der Waals surface area (Å²) >= 11 is 3.42. The highest BCUT2D eigenvalue weighted by atomic mass is 79.9. The lowest BCUT2D eigenvalue weighted by atomic mass is 10.0. The number of carbonyl (C=O) groups is 2. The highest BCUT2D eigenvalue weighted by Gasteiger charge is 2.40. The van der Waals surface area contributed by atoms with Gasteiger partial charge in [0.2, 0.25) is 0 Å². The zero-order chi connectivity index (χ0) is 14.4. The molecular weight excluding hydrogens is 320 g/mol. The van der Waals surface area contributed by atoms with E-state index < -0.39 is 0 Å². The van der Waals surface area contributed by atoms with Gasteiger partial charge in [0.05, 0.1) is 11.1 Å². The molecule has 1 heterocycles. The first-order chi connectivity index (χ1) is 9.52. The molecule has 1 aliphatic carbocycles. The van der Waals surface area contributed by atoms with Gasteiger partial charge in [-0.2, -0.15) is 0 Å². The smallest absolute Gasteiger partial charge is 0.255 e. The summed E-state index contributed by atoms with van der Waals surface area (Å²) in [5, 5.41) is 2.61. The first kappa shape index (κ1) is 13.6. The molecule has 0 aromatic heterocycles. The third-order valence-corrected chi connectivity index (χ3v) is 4.73. The van der Waals surface area contributed by atoms with E-state index in [1.54, 1.807) is 13.1 Å². The van der Waals surface area contributed by atoms with Crippen LogP contribution in [0.1, 0.15) is 46.0 Å². The van der Waals surface area contributed by atoms with Crippen LogP contribution in [-0.2, 0) is 6.54 Å². The number of nitrogens with one attached hydrogen (secondary N) is 1. The second kappa shape index (κ2) is 4.88. The molecule has 1 aliphatic heterocycles. The molecule has 1 atom stereocenters. The van der Waals surface area contributed by atoms with E-state index in [-0.39, 0.29) is 17.9 Å². The highest BCUT2D eigenvalue weighted by molar-refractivity contribution is 9.10. The van der Waals surface area contributed by atoms with Crippen molar-refractivity contribution in [3.8, 4) is 0 Å². The Bertz CT molecular complexity index is 596. The van der Waals surface area contributed by atoms with Gasteiger partial charge in [-0.05, 0) is 43.4 Å². The van der Waals surface area contributed by atoms with Gasteiger partial charge in [-0.3, -0.25) is 9.59 Å². The molecule has 1 saturated carbocycles. The van der Waals surface area contributed by atoms with Crippen LogP contribution in [-0.4, -0.2) is 29.8 Å². The number of hydrogen-bond donors (Lipinski definition) is 1. The van der Waals surface area contributed by atoms with E-state index in [1.807, 2.05) is 11.0 Å². The lowest BCUT2D eigenvalue weighted by Crippen LogP contribution is -2.35. The minimum Gasteiger partial charge on any atom is -0.355 e. The van der Waals surface area contributed by atoms with Crippen molar-refractivity contribution in [2.24, 2.45) is 5.92 Å². The molecule has 1 aromatic rings. The number of amides is 2. The van der Waals surface area contributed by atoms with Gasteiger partial charge in [0.1, 0.15) is 0 Å². The monoisotopic (exact) mass is 336 g/mol. The molecule has 0 spiro atoms. The van der Waals surface area contributed by atoms with Gasteiger partial charge in [-0.1, -0.05) is 15.9 Å². The molecule has 1 fully saturated rings. The first-order valence-electron chi connectivity index (χ1n) is 6.88. The Hall–Kier alpha value is -1.36. The standard InChI is InChI=1S/C15H17BrN2O2/c1-8(9-3-4-9)18-7-10-5-11(16)6-12(14(19)17-2)13(10)15(18)20/h5-6,8-9H,3-4,7H2,1-2H3,(H,17,19)/t8-/m0/s1. The van der Waals surface area contributed by atoms with Crippen LogP contribution in [0.4, 0.5) is 0 Å². The van der Waals surface area contributed by atoms with Crippen molar-refractivity contribution in [3.63, 3.8) is 0 Å². The average molecular weight is 337 g/mol. The molecule has 2 aliphatic rings. The fraction of sp³-hybridized carbons (Fsp3) is 0.467. The fourth-order valence-electron chi connectivity index (χ4n) is 2.92. The van der Waals surface area contributed by atoms with E-state index in [1.165, 1.54) is 12.8 Å². The molecule has 1 N–H and O–H groups in total. The molecule has 0 unspecified atom stereocenters. The first-order valence-corrected chi connectivity index (χ1v) is 7.67. The maximum Gasteiger partial charge on any atom is 0.255 e. The average Bonchev–Trinajstić information content (AvgIpc) is 3.21. The summed E-state index contributed by atoms with van der Waals surface area (Å²) in [5.74, 6) is 0.405. The number of rotatable bonds is 3. The van der Waals surface area contributed by atoms with Crippen LogP contribution in [0.5, 0.6) is 0 Å². The van der Waals surface area contributed by atoms with Crippen molar-refractivity contribution < 1.29 is 9.59 Å². The zero-order valence-corrected chi connectivity index (χ0v) is 13.2. The van der Waals surface area contributed by atoms with E-state index in [0.717, 1.165) is 10.0 Å². The lowest BCUT2D eigenvalue weighted by molar-refractivity contribution is 0.0694. The molecule has 20 heavy (non-hydrogen) atoms. The van der Waals surface area contributed by atoms with Gasteiger partial charge in [0.25, 0.3) is 11.8 Å². The molecular formula is C15H17BrN2O2. The topological polar surface area (TPSA) is 49.4 Å². The minimum absolute atomic E-state index is 0.00880. The number of nitrogens with zero attached hydrogens (tertiary/aromatic N) is 1. The highest BCUT2D eigenvalue weighted by Crippen LogP contribution is 2.39. The van der Waals surface area contributed by atoms with Gasteiger partial charge >= 0.3 is 0 Å². The fourth-order valence-corrected chi connectivity index (χ4v) is 3.42. The van der Waals surface area contributed by atoms with Crippen molar-refractivity contribution in [1.82, 2.24) is 10.2 Å². The molecule has 3 rings (SSSR count). The largest absolute Gasteiger partial charge is 0.355 e. The van der Waals surface area contributed by atoms with Crippen LogP contribution in [0, 0.1) is 5.92 Å². The Kier molecular flexibility index (Phi) is 3.32. The van der Waals surface area contributed by atoms with E-state index in [9.17, 15) is 9.59 Å². The van der Waals surface area contributed by atoms with Gasteiger partial charge in [0, 0.05) is 24.1 Å². The van der Waals surface area contributed by atoms with Crippen LogP contribution in [0.25, 0.3) is 0 Å². The predicted octanol–water partition coefficient (Wildman–Crippen LogP) is 2.56. The van der Waals surface area contributed by atoms with Gasteiger partial charge < -0.3 is 10.2 Å². The summed E-state index contributed by atoms with van der Waals surface area (Å²) in [4.78, 5) is 26.5. The molecule has 0 radical (unpaired) electrons. The number of halogens is 1. The van der Waals surface area contributed by atoms with E-state index >= 15 is 0 Å². The maximum absolute atomic E-state index is 12.7. The summed E-state index contributed by atoms with van der Waals surface area (Å²) in [7, 11) is 1.58.